The molecule has 0 aromatic heterocycles. The molecule has 0 spiro atoms. The highest BCUT2D eigenvalue weighted by Gasteiger charge is 2.16. The number of hydrogen-bond donors (Lipinski definition) is 2. The molecular formula is C16H23N3O3. The molecule has 6 nitrogen and oxygen atoms in total. The fourth-order valence-electron chi connectivity index (χ4n) is 2.08. The van der Waals surface area contributed by atoms with Gasteiger partial charge in [-0.1, -0.05) is 6.92 Å². The standard InChI is InChI=1S/C16H23N3O3/c1-3-12(2)17-15(20)13-4-6-14(7-5-13)18-16(21)19-8-10-22-11-9-19/h4-7,12H,3,8-11H2,1-2H3,(H,17,20)(H,18,21). The summed E-state index contributed by atoms with van der Waals surface area (Å²) in [5, 5.41) is 5.74. The number of ether oxygens (including phenoxy) is 1. The van der Waals surface area contributed by atoms with Crippen LogP contribution in [0.5, 0.6) is 0 Å². The molecule has 1 atom stereocenters. The monoisotopic (exact) mass is 305 g/mol. The van der Waals surface area contributed by atoms with Crippen LogP contribution in [0.25, 0.3) is 0 Å². The van der Waals surface area contributed by atoms with E-state index in [1.807, 2.05) is 13.8 Å². The third-order valence-electron chi connectivity index (χ3n) is 3.69. The number of nitrogens with one attached hydrogen (secondary N) is 2. The summed E-state index contributed by atoms with van der Waals surface area (Å²) < 4.78 is 5.22. The Labute approximate surface area is 130 Å². The van der Waals surface area contributed by atoms with Crippen LogP contribution >= 0.6 is 0 Å². The van der Waals surface area contributed by atoms with E-state index in [-0.39, 0.29) is 18.0 Å². The Morgan fingerprint density at radius 3 is 2.45 bits per heavy atom. The summed E-state index contributed by atoms with van der Waals surface area (Å²) in [6, 6.07) is 6.92. The van der Waals surface area contributed by atoms with Crippen molar-refractivity contribution >= 4 is 17.6 Å². The molecule has 6 heteroatoms. The first-order chi connectivity index (χ1) is 10.6. The maximum absolute atomic E-state index is 12.1. The molecule has 1 unspecified atom stereocenters. The van der Waals surface area contributed by atoms with Crippen LogP contribution < -0.4 is 10.6 Å². The van der Waals surface area contributed by atoms with E-state index in [1.165, 1.54) is 0 Å². The molecule has 0 aliphatic carbocycles. The third kappa shape index (κ3) is 4.46. The van der Waals surface area contributed by atoms with Crippen LogP contribution in [0.1, 0.15) is 30.6 Å². The fourth-order valence-corrected chi connectivity index (χ4v) is 2.08. The summed E-state index contributed by atoms with van der Waals surface area (Å²) in [7, 11) is 0. The molecule has 1 heterocycles. The molecule has 0 radical (unpaired) electrons. The maximum atomic E-state index is 12.1. The molecule has 120 valence electrons. The smallest absolute Gasteiger partial charge is 0.321 e. The summed E-state index contributed by atoms with van der Waals surface area (Å²) in [6.07, 6.45) is 0.888. The second-order valence-electron chi connectivity index (χ2n) is 5.39. The molecule has 1 saturated heterocycles. The van der Waals surface area contributed by atoms with E-state index in [9.17, 15) is 9.59 Å². The van der Waals surface area contributed by atoms with Crippen LogP contribution in [0.2, 0.25) is 0 Å². The van der Waals surface area contributed by atoms with Crippen molar-refractivity contribution in [3.05, 3.63) is 29.8 Å². The molecule has 0 saturated carbocycles. The van der Waals surface area contributed by atoms with Crippen LogP contribution in [-0.4, -0.2) is 49.2 Å². The molecular weight excluding hydrogens is 282 g/mol. The van der Waals surface area contributed by atoms with Crippen molar-refractivity contribution in [3.8, 4) is 0 Å². The van der Waals surface area contributed by atoms with Gasteiger partial charge in [-0.3, -0.25) is 4.79 Å². The van der Waals surface area contributed by atoms with Gasteiger partial charge < -0.3 is 20.3 Å². The lowest BCUT2D eigenvalue weighted by molar-refractivity contribution is 0.0564. The van der Waals surface area contributed by atoms with E-state index in [1.54, 1.807) is 29.2 Å². The summed E-state index contributed by atoms with van der Waals surface area (Å²) in [5.74, 6) is -0.0968. The summed E-state index contributed by atoms with van der Waals surface area (Å²) in [5.41, 5.74) is 1.27. The van der Waals surface area contributed by atoms with Gasteiger partial charge in [-0.15, -0.1) is 0 Å². The number of hydrogen-bond acceptors (Lipinski definition) is 3. The first-order valence-corrected chi connectivity index (χ1v) is 7.64. The Morgan fingerprint density at radius 2 is 1.86 bits per heavy atom. The minimum Gasteiger partial charge on any atom is -0.378 e. The molecule has 1 fully saturated rings. The third-order valence-corrected chi connectivity index (χ3v) is 3.69. The van der Waals surface area contributed by atoms with Gasteiger partial charge in [-0.05, 0) is 37.6 Å². The summed E-state index contributed by atoms with van der Waals surface area (Å²) >= 11 is 0. The van der Waals surface area contributed by atoms with Gasteiger partial charge in [0, 0.05) is 30.4 Å². The number of morpholine rings is 1. The van der Waals surface area contributed by atoms with Crippen molar-refractivity contribution in [1.82, 2.24) is 10.2 Å². The molecule has 2 N–H and O–H groups in total. The zero-order valence-electron chi connectivity index (χ0n) is 13.1. The number of amides is 3. The fraction of sp³-hybridized carbons (Fsp3) is 0.500. The molecule has 1 aromatic carbocycles. The first kappa shape index (κ1) is 16.3. The minimum atomic E-state index is -0.139. The Balaban J connectivity index is 1.91. The highest BCUT2D eigenvalue weighted by Crippen LogP contribution is 2.11. The van der Waals surface area contributed by atoms with Gasteiger partial charge in [0.25, 0.3) is 5.91 Å². The largest absolute Gasteiger partial charge is 0.378 e. The van der Waals surface area contributed by atoms with E-state index in [0.717, 1.165) is 6.42 Å². The van der Waals surface area contributed by atoms with Crippen molar-refractivity contribution in [2.75, 3.05) is 31.6 Å². The van der Waals surface area contributed by atoms with E-state index in [0.29, 0.717) is 37.6 Å². The summed E-state index contributed by atoms with van der Waals surface area (Å²) in [4.78, 5) is 25.7. The number of rotatable bonds is 4. The van der Waals surface area contributed by atoms with Gasteiger partial charge in [-0.25, -0.2) is 4.79 Å². The number of carbonyl (C=O) groups excluding carboxylic acids is 2. The van der Waals surface area contributed by atoms with E-state index in [4.69, 9.17) is 4.74 Å². The minimum absolute atomic E-state index is 0.0968. The summed E-state index contributed by atoms with van der Waals surface area (Å²) in [6.45, 7) is 6.33. The van der Waals surface area contributed by atoms with Crippen molar-refractivity contribution in [1.29, 1.82) is 0 Å². The topological polar surface area (TPSA) is 70.7 Å². The van der Waals surface area contributed by atoms with Gasteiger partial charge in [0.05, 0.1) is 13.2 Å². The molecule has 2 rings (SSSR count). The Bertz CT molecular complexity index is 510. The van der Waals surface area contributed by atoms with Gasteiger partial charge in [0.15, 0.2) is 0 Å². The Kier molecular flexibility index (Phi) is 5.77. The average Bonchev–Trinajstić information content (AvgIpc) is 2.56. The van der Waals surface area contributed by atoms with Crippen LogP contribution in [0.15, 0.2) is 24.3 Å². The predicted octanol–water partition coefficient (Wildman–Crippen LogP) is 2.08. The van der Waals surface area contributed by atoms with E-state index < -0.39 is 0 Å². The maximum Gasteiger partial charge on any atom is 0.321 e. The Morgan fingerprint density at radius 1 is 1.23 bits per heavy atom. The number of anilines is 1. The highest BCUT2D eigenvalue weighted by molar-refractivity contribution is 5.95. The lowest BCUT2D eigenvalue weighted by Gasteiger charge is -2.26. The molecule has 1 aliphatic heterocycles. The van der Waals surface area contributed by atoms with Gasteiger partial charge >= 0.3 is 6.03 Å². The predicted molar refractivity (Wildman–Crippen MR) is 85.1 cm³/mol. The molecule has 0 bridgehead atoms. The normalized spacial score (nSPS) is 16.0. The lowest BCUT2D eigenvalue weighted by atomic mass is 10.1. The quantitative estimate of drug-likeness (QED) is 0.894. The van der Waals surface area contributed by atoms with Crippen molar-refractivity contribution < 1.29 is 14.3 Å². The van der Waals surface area contributed by atoms with Gasteiger partial charge in [0.1, 0.15) is 0 Å². The first-order valence-electron chi connectivity index (χ1n) is 7.64. The number of nitrogens with zero attached hydrogens (tertiary/aromatic N) is 1. The van der Waals surface area contributed by atoms with Crippen molar-refractivity contribution in [2.24, 2.45) is 0 Å². The number of urea groups is 1. The van der Waals surface area contributed by atoms with Crippen molar-refractivity contribution in [3.63, 3.8) is 0 Å². The SMILES string of the molecule is CCC(C)NC(=O)c1ccc(NC(=O)N2CCOCC2)cc1. The van der Waals surface area contributed by atoms with Gasteiger partial charge in [0.2, 0.25) is 0 Å². The Hall–Kier alpha value is -2.08. The van der Waals surface area contributed by atoms with Crippen molar-refractivity contribution in [2.45, 2.75) is 26.3 Å². The average molecular weight is 305 g/mol. The number of carbonyl (C=O) groups is 2. The highest BCUT2D eigenvalue weighted by atomic mass is 16.5. The van der Waals surface area contributed by atoms with Crippen LogP contribution in [0, 0.1) is 0 Å². The zero-order valence-corrected chi connectivity index (χ0v) is 13.1. The second kappa shape index (κ2) is 7.79. The molecule has 22 heavy (non-hydrogen) atoms. The van der Waals surface area contributed by atoms with Crippen LogP contribution in [0.3, 0.4) is 0 Å². The van der Waals surface area contributed by atoms with E-state index >= 15 is 0 Å². The second-order valence-corrected chi connectivity index (χ2v) is 5.39. The van der Waals surface area contributed by atoms with E-state index in [2.05, 4.69) is 10.6 Å². The zero-order chi connectivity index (χ0) is 15.9. The van der Waals surface area contributed by atoms with Crippen LogP contribution in [0.4, 0.5) is 10.5 Å². The van der Waals surface area contributed by atoms with Gasteiger partial charge in [-0.2, -0.15) is 0 Å². The number of benzene rings is 1. The molecule has 3 amide bonds. The molecule has 1 aliphatic rings. The van der Waals surface area contributed by atoms with Crippen LogP contribution in [-0.2, 0) is 4.74 Å². The molecule has 1 aromatic rings. The lowest BCUT2D eigenvalue weighted by Crippen LogP contribution is -2.43.